The number of nitrogens with zero attached hydrogens (tertiary/aromatic N) is 3. The summed E-state index contributed by atoms with van der Waals surface area (Å²) in [5, 5.41) is 0. The van der Waals surface area contributed by atoms with Crippen molar-refractivity contribution >= 4 is 27.0 Å². The van der Waals surface area contributed by atoms with Crippen LogP contribution in [0.5, 0.6) is 0 Å². The van der Waals surface area contributed by atoms with E-state index >= 15 is 0 Å². The molecule has 1 aliphatic heterocycles. The smallest absolute Gasteiger partial charge is 0.342 e. The number of hydrogen-bond donors (Lipinski definition) is 0. The third-order valence-corrected chi connectivity index (χ3v) is 7.49. The Bertz CT molecular complexity index is 1340. The molecule has 0 saturated carbocycles. The number of ether oxygens (including phenoxy) is 2. The van der Waals surface area contributed by atoms with Crippen molar-refractivity contribution in [1.82, 2.24) is 13.9 Å². The molecule has 1 aliphatic rings. The van der Waals surface area contributed by atoms with Gasteiger partial charge in [-0.3, -0.25) is 0 Å². The maximum Gasteiger partial charge on any atom is 0.342 e. The molecule has 2 aromatic heterocycles. The Kier molecular flexibility index (Phi) is 6.37. The molecule has 0 amide bonds. The summed E-state index contributed by atoms with van der Waals surface area (Å²) < 4.78 is 44.9. The van der Waals surface area contributed by atoms with E-state index in [1.165, 1.54) is 23.4 Å². The highest BCUT2D eigenvalue weighted by atomic mass is 32.2. The highest BCUT2D eigenvalue weighted by Gasteiger charge is 2.27. The highest BCUT2D eigenvalue weighted by Crippen LogP contribution is 2.24. The van der Waals surface area contributed by atoms with Crippen molar-refractivity contribution in [2.45, 2.75) is 38.8 Å². The number of aryl methyl sites for hydroxylation is 3. The molecule has 0 radical (unpaired) electrons. The van der Waals surface area contributed by atoms with E-state index in [9.17, 15) is 18.0 Å². The van der Waals surface area contributed by atoms with Crippen molar-refractivity contribution in [1.29, 1.82) is 0 Å². The third kappa shape index (κ3) is 4.43. The Morgan fingerprint density at radius 3 is 2.58 bits per heavy atom. The van der Waals surface area contributed by atoms with Crippen LogP contribution in [0.2, 0.25) is 0 Å². The summed E-state index contributed by atoms with van der Waals surface area (Å²) >= 11 is 0. The molecular weight excluding hydrogens is 450 g/mol. The van der Waals surface area contributed by atoms with Crippen LogP contribution < -0.4 is 5.63 Å². The maximum atomic E-state index is 13.0. The first-order valence-corrected chi connectivity index (χ1v) is 12.0. The van der Waals surface area contributed by atoms with Crippen LogP contribution in [0.4, 0.5) is 0 Å². The first-order chi connectivity index (χ1) is 15.7. The second-order valence-electron chi connectivity index (χ2n) is 7.70. The van der Waals surface area contributed by atoms with Gasteiger partial charge in [0.05, 0.1) is 29.1 Å². The molecule has 1 fully saturated rings. The molecule has 0 unspecified atom stereocenters. The lowest BCUT2D eigenvalue weighted by Crippen LogP contribution is -2.40. The molecule has 0 atom stereocenters. The lowest BCUT2D eigenvalue weighted by Gasteiger charge is -2.26. The van der Waals surface area contributed by atoms with Crippen molar-refractivity contribution in [3.63, 3.8) is 0 Å². The van der Waals surface area contributed by atoms with Crippen molar-refractivity contribution in [3.8, 4) is 0 Å². The van der Waals surface area contributed by atoms with Crippen molar-refractivity contribution in [2.24, 2.45) is 0 Å². The van der Waals surface area contributed by atoms with Gasteiger partial charge >= 0.3 is 11.6 Å². The number of rotatable bonds is 6. The SMILES string of the molecule is CCn1c(COC(=O)c2c(C)cc(=O)oc2C)nc2cc(S(=O)(=O)N3CCOCC3)ccc21. The average molecular weight is 476 g/mol. The summed E-state index contributed by atoms with van der Waals surface area (Å²) in [7, 11) is -3.66. The van der Waals surface area contributed by atoms with Crippen LogP contribution in [0, 0.1) is 13.8 Å². The minimum absolute atomic E-state index is 0.120. The largest absolute Gasteiger partial charge is 0.454 e. The molecule has 0 N–H and O–H groups in total. The molecule has 11 heteroatoms. The summed E-state index contributed by atoms with van der Waals surface area (Å²) in [6.07, 6.45) is 0. The van der Waals surface area contributed by atoms with Crippen LogP contribution in [-0.4, -0.2) is 54.5 Å². The summed E-state index contributed by atoms with van der Waals surface area (Å²) in [5.74, 6) is 0.0421. The number of aromatic nitrogens is 2. The van der Waals surface area contributed by atoms with Gasteiger partial charge < -0.3 is 18.5 Å². The Labute approximate surface area is 190 Å². The monoisotopic (exact) mass is 475 g/mol. The number of esters is 1. The lowest BCUT2D eigenvalue weighted by atomic mass is 10.1. The minimum atomic E-state index is -3.66. The number of morpholine rings is 1. The van der Waals surface area contributed by atoms with Gasteiger partial charge in [-0.2, -0.15) is 4.31 Å². The van der Waals surface area contributed by atoms with Gasteiger partial charge in [-0.1, -0.05) is 0 Å². The van der Waals surface area contributed by atoms with Gasteiger partial charge in [-0.15, -0.1) is 0 Å². The van der Waals surface area contributed by atoms with Gasteiger partial charge in [-0.25, -0.2) is 23.0 Å². The molecular formula is C22H25N3O7S. The summed E-state index contributed by atoms with van der Waals surface area (Å²) in [5.41, 5.74) is 1.37. The van der Waals surface area contributed by atoms with Crippen LogP contribution in [0.3, 0.4) is 0 Å². The molecule has 1 saturated heterocycles. The molecule has 0 bridgehead atoms. The second kappa shape index (κ2) is 9.08. The van der Waals surface area contributed by atoms with E-state index in [0.717, 1.165) is 5.52 Å². The highest BCUT2D eigenvalue weighted by molar-refractivity contribution is 7.89. The number of benzene rings is 1. The number of imidazole rings is 1. The number of carbonyl (C=O) groups excluding carboxylic acids is 1. The van der Waals surface area contributed by atoms with Crippen LogP contribution in [-0.2, 0) is 32.6 Å². The zero-order valence-corrected chi connectivity index (χ0v) is 19.5. The molecule has 0 aliphatic carbocycles. The van der Waals surface area contributed by atoms with E-state index in [4.69, 9.17) is 13.9 Å². The van der Waals surface area contributed by atoms with E-state index in [-0.39, 0.29) is 22.8 Å². The maximum absolute atomic E-state index is 13.0. The Balaban J connectivity index is 1.61. The molecule has 1 aromatic carbocycles. The minimum Gasteiger partial charge on any atom is -0.454 e. The van der Waals surface area contributed by atoms with E-state index in [0.29, 0.717) is 49.8 Å². The van der Waals surface area contributed by atoms with Crippen molar-refractivity contribution in [3.05, 3.63) is 57.4 Å². The Morgan fingerprint density at radius 2 is 1.91 bits per heavy atom. The predicted molar refractivity (Wildman–Crippen MR) is 119 cm³/mol. The van der Waals surface area contributed by atoms with Gasteiger partial charge in [0.2, 0.25) is 10.0 Å². The standard InChI is InChI=1S/C22H25N3O7S/c1-4-25-18-6-5-16(33(28,29)24-7-9-30-10-8-24)12-17(18)23-19(25)13-31-22(27)21-14(2)11-20(26)32-15(21)3/h5-6,11-12H,4,7-10,13H2,1-3H3. The average Bonchev–Trinajstić information content (AvgIpc) is 3.14. The second-order valence-corrected chi connectivity index (χ2v) is 9.63. The van der Waals surface area contributed by atoms with Gasteiger partial charge in [0, 0.05) is 25.7 Å². The Hall–Kier alpha value is -3.02. The molecule has 0 spiro atoms. The predicted octanol–water partition coefficient (Wildman–Crippen LogP) is 2.00. The topological polar surface area (TPSA) is 121 Å². The fourth-order valence-corrected chi connectivity index (χ4v) is 5.41. The first kappa shape index (κ1) is 23.1. The van der Waals surface area contributed by atoms with Gasteiger partial charge in [0.1, 0.15) is 23.8 Å². The summed E-state index contributed by atoms with van der Waals surface area (Å²) in [6, 6.07) is 6.05. The quantitative estimate of drug-likeness (QED) is 0.497. The van der Waals surface area contributed by atoms with Crippen molar-refractivity contribution < 1.29 is 27.1 Å². The van der Waals surface area contributed by atoms with E-state index in [1.54, 1.807) is 19.1 Å². The molecule has 3 heterocycles. The van der Waals surface area contributed by atoms with E-state index in [1.807, 2.05) is 11.5 Å². The fraction of sp³-hybridized carbons (Fsp3) is 0.409. The van der Waals surface area contributed by atoms with Gasteiger partial charge in [-0.05, 0) is 44.5 Å². The summed E-state index contributed by atoms with van der Waals surface area (Å²) in [4.78, 5) is 28.8. The zero-order chi connectivity index (χ0) is 23.8. The van der Waals surface area contributed by atoms with Crippen LogP contribution in [0.15, 0.2) is 38.4 Å². The number of fused-ring (bicyclic) bond motifs is 1. The molecule has 3 aromatic rings. The number of sulfonamides is 1. The number of hydrogen-bond acceptors (Lipinski definition) is 8. The fourth-order valence-electron chi connectivity index (χ4n) is 3.98. The first-order valence-electron chi connectivity index (χ1n) is 10.6. The zero-order valence-electron chi connectivity index (χ0n) is 18.7. The molecule has 10 nitrogen and oxygen atoms in total. The normalized spacial score (nSPS) is 15.1. The van der Waals surface area contributed by atoms with E-state index < -0.39 is 21.6 Å². The van der Waals surface area contributed by atoms with Crippen LogP contribution in [0.1, 0.15) is 34.4 Å². The van der Waals surface area contributed by atoms with Crippen molar-refractivity contribution in [2.75, 3.05) is 26.3 Å². The molecule has 4 rings (SSSR count). The van der Waals surface area contributed by atoms with Gasteiger partial charge in [0.15, 0.2) is 0 Å². The molecule has 176 valence electrons. The van der Waals surface area contributed by atoms with Crippen LogP contribution in [0.25, 0.3) is 11.0 Å². The van der Waals surface area contributed by atoms with Crippen LogP contribution >= 0.6 is 0 Å². The van der Waals surface area contributed by atoms with E-state index in [2.05, 4.69) is 4.98 Å². The number of carbonyl (C=O) groups is 1. The van der Waals surface area contributed by atoms with Gasteiger partial charge in [0.25, 0.3) is 0 Å². The third-order valence-electron chi connectivity index (χ3n) is 5.59. The molecule has 33 heavy (non-hydrogen) atoms. The lowest BCUT2D eigenvalue weighted by molar-refractivity contribution is 0.0453. The summed E-state index contributed by atoms with van der Waals surface area (Å²) in [6.45, 7) is 6.87. The Morgan fingerprint density at radius 1 is 1.18 bits per heavy atom.